The van der Waals surface area contributed by atoms with Crippen molar-refractivity contribution in [1.82, 2.24) is 18.7 Å². The van der Waals surface area contributed by atoms with Crippen molar-refractivity contribution in [2.45, 2.75) is 26.9 Å². The summed E-state index contributed by atoms with van der Waals surface area (Å²) in [6, 6.07) is 10.5. The van der Waals surface area contributed by atoms with Crippen LogP contribution in [0.4, 0.5) is 8.78 Å². The maximum atomic E-state index is 14.1. The molecule has 29 heavy (non-hydrogen) atoms. The molecule has 0 amide bonds. The number of hydrogen-bond acceptors (Lipinski definition) is 3. The normalized spacial score (nSPS) is 11.3. The standard InChI is InChI=1S/C21H18F2N4O2/c1-3-26-20(28)18-19(27(21(26)29)16-8-4-13(2)5-9-16)24-12-25(18)11-14-6-7-15(22)10-17(14)23/h4-10,12H,3,11H2,1-2H3. The fourth-order valence-corrected chi connectivity index (χ4v) is 3.34. The number of halogens is 2. The monoisotopic (exact) mass is 396 g/mol. The minimum Gasteiger partial charge on any atom is -0.320 e. The highest BCUT2D eigenvalue weighted by atomic mass is 19.1. The van der Waals surface area contributed by atoms with Crippen LogP contribution in [-0.2, 0) is 13.1 Å². The van der Waals surface area contributed by atoms with Gasteiger partial charge in [-0.2, -0.15) is 0 Å². The van der Waals surface area contributed by atoms with Gasteiger partial charge in [0.25, 0.3) is 5.56 Å². The predicted octanol–water partition coefficient (Wildman–Crippen LogP) is 3.00. The van der Waals surface area contributed by atoms with Crippen molar-refractivity contribution in [2.75, 3.05) is 0 Å². The Bertz CT molecular complexity index is 1330. The van der Waals surface area contributed by atoms with E-state index in [1.54, 1.807) is 19.1 Å². The van der Waals surface area contributed by atoms with Gasteiger partial charge in [-0.05, 0) is 32.0 Å². The maximum absolute atomic E-state index is 14.1. The lowest BCUT2D eigenvalue weighted by Crippen LogP contribution is -2.39. The molecular formula is C21H18F2N4O2. The van der Waals surface area contributed by atoms with Crippen molar-refractivity contribution in [1.29, 1.82) is 0 Å². The lowest BCUT2D eigenvalue weighted by atomic mass is 10.2. The molecule has 0 atom stereocenters. The van der Waals surface area contributed by atoms with E-state index in [1.807, 2.05) is 19.1 Å². The third kappa shape index (κ3) is 3.16. The summed E-state index contributed by atoms with van der Waals surface area (Å²) in [5, 5.41) is 0. The van der Waals surface area contributed by atoms with E-state index in [-0.39, 0.29) is 29.8 Å². The third-order valence-corrected chi connectivity index (χ3v) is 4.86. The molecule has 6 nitrogen and oxygen atoms in total. The van der Waals surface area contributed by atoms with Gasteiger partial charge in [0.2, 0.25) is 0 Å². The van der Waals surface area contributed by atoms with Gasteiger partial charge in [-0.1, -0.05) is 23.8 Å². The zero-order valence-electron chi connectivity index (χ0n) is 15.9. The minimum absolute atomic E-state index is 0.0202. The molecule has 2 aromatic carbocycles. The Labute approximate surface area is 164 Å². The Morgan fingerprint density at radius 1 is 1.03 bits per heavy atom. The number of nitrogens with zero attached hydrogens (tertiary/aromatic N) is 4. The Balaban J connectivity index is 1.98. The molecule has 0 radical (unpaired) electrons. The molecule has 0 spiro atoms. The molecule has 0 saturated heterocycles. The van der Waals surface area contributed by atoms with E-state index in [2.05, 4.69) is 4.98 Å². The molecule has 4 aromatic rings. The number of imidazole rings is 1. The molecule has 0 fully saturated rings. The van der Waals surface area contributed by atoms with Crippen molar-refractivity contribution in [3.8, 4) is 5.69 Å². The minimum atomic E-state index is -0.713. The van der Waals surface area contributed by atoms with Crippen molar-refractivity contribution in [3.05, 3.63) is 92.4 Å². The average Bonchev–Trinajstić information content (AvgIpc) is 3.09. The zero-order valence-corrected chi connectivity index (χ0v) is 15.9. The van der Waals surface area contributed by atoms with Gasteiger partial charge in [-0.25, -0.2) is 23.1 Å². The van der Waals surface area contributed by atoms with E-state index in [9.17, 15) is 18.4 Å². The van der Waals surface area contributed by atoms with E-state index in [1.165, 1.54) is 21.5 Å². The van der Waals surface area contributed by atoms with Gasteiger partial charge in [-0.15, -0.1) is 0 Å². The van der Waals surface area contributed by atoms with E-state index >= 15 is 0 Å². The molecule has 8 heteroatoms. The summed E-state index contributed by atoms with van der Waals surface area (Å²) in [5.74, 6) is -1.39. The van der Waals surface area contributed by atoms with Crippen LogP contribution in [0.1, 0.15) is 18.1 Å². The molecule has 0 bridgehead atoms. The molecule has 0 unspecified atom stereocenters. The van der Waals surface area contributed by atoms with Gasteiger partial charge >= 0.3 is 5.69 Å². The number of aryl methyl sites for hydroxylation is 1. The van der Waals surface area contributed by atoms with Gasteiger partial charge in [-0.3, -0.25) is 9.36 Å². The molecule has 0 aliphatic rings. The smallest absolute Gasteiger partial charge is 0.320 e. The first-order chi connectivity index (χ1) is 13.9. The number of hydrogen-bond donors (Lipinski definition) is 0. The van der Waals surface area contributed by atoms with Gasteiger partial charge in [0.1, 0.15) is 11.6 Å². The van der Waals surface area contributed by atoms with Crippen LogP contribution in [0.25, 0.3) is 16.9 Å². The van der Waals surface area contributed by atoms with Crippen LogP contribution in [0.3, 0.4) is 0 Å². The van der Waals surface area contributed by atoms with Gasteiger partial charge in [0.15, 0.2) is 11.2 Å². The first-order valence-corrected chi connectivity index (χ1v) is 9.12. The Morgan fingerprint density at radius 3 is 2.41 bits per heavy atom. The quantitative estimate of drug-likeness (QED) is 0.533. The molecule has 0 N–H and O–H groups in total. The van der Waals surface area contributed by atoms with E-state index < -0.39 is 22.9 Å². The number of aromatic nitrogens is 4. The Kier molecular flexibility index (Phi) is 4.62. The van der Waals surface area contributed by atoms with Crippen molar-refractivity contribution in [2.24, 2.45) is 0 Å². The van der Waals surface area contributed by atoms with Crippen LogP contribution in [0.5, 0.6) is 0 Å². The Morgan fingerprint density at radius 2 is 1.76 bits per heavy atom. The zero-order chi connectivity index (χ0) is 20.7. The second-order valence-electron chi connectivity index (χ2n) is 6.78. The topological polar surface area (TPSA) is 61.8 Å². The largest absolute Gasteiger partial charge is 0.337 e. The molecule has 2 aromatic heterocycles. The van der Waals surface area contributed by atoms with Crippen LogP contribution in [0.15, 0.2) is 58.4 Å². The highest BCUT2D eigenvalue weighted by Crippen LogP contribution is 2.17. The summed E-state index contributed by atoms with van der Waals surface area (Å²) in [4.78, 5) is 30.2. The molecule has 2 heterocycles. The summed E-state index contributed by atoms with van der Waals surface area (Å²) >= 11 is 0. The van der Waals surface area contributed by atoms with Gasteiger partial charge in [0.05, 0.1) is 18.6 Å². The van der Waals surface area contributed by atoms with E-state index in [4.69, 9.17) is 0 Å². The summed E-state index contributed by atoms with van der Waals surface area (Å²) in [6.45, 7) is 3.79. The SMILES string of the molecule is CCn1c(=O)c2c(ncn2Cc2ccc(F)cc2F)n(-c2ccc(C)cc2)c1=O. The molecule has 4 rings (SSSR count). The van der Waals surface area contributed by atoms with Crippen LogP contribution >= 0.6 is 0 Å². The van der Waals surface area contributed by atoms with Gasteiger partial charge in [0, 0.05) is 18.2 Å². The summed E-state index contributed by atoms with van der Waals surface area (Å²) < 4.78 is 31.3. The molecule has 0 aliphatic heterocycles. The fraction of sp³-hybridized carbons (Fsp3) is 0.190. The van der Waals surface area contributed by atoms with Crippen LogP contribution in [-0.4, -0.2) is 18.7 Å². The van der Waals surface area contributed by atoms with Crippen molar-refractivity contribution < 1.29 is 8.78 Å². The first kappa shape index (κ1) is 18.8. The van der Waals surface area contributed by atoms with E-state index in [0.29, 0.717) is 5.69 Å². The summed E-state index contributed by atoms with van der Waals surface area (Å²) in [6.07, 6.45) is 1.39. The second-order valence-corrected chi connectivity index (χ2v) is 6.78. The van der Waals surface area contributed by atoms with Crippen molar-refractivity contribution in [3.63, 3.8) is 0 Å². The lowest BCUT2D eigenvalue weighted by Gasteiger charge is -2.12. The van der Waals surface area contributed by atoms with Crippen molar-refractivity contribution >= 4 is 11.2 Å². The predicted molar refractivity (Wildman–Crippen MR) is 105 cm³/mol. The van der Waals surface area contributed by atoms with Crippen LogP contribution in [0, 0.1) is 18.6 Å². The first-order valence-electron chi connectivity index (χ1n) is 9.12. The van der Waals surface area contributed by atoms with Crippen LogP contribution in [0.2, 0.25) is 0 Å². The number of benzene rings is 2. The second kappa shape index (κ2) is 7.12. The Hall–Kier alpha value is -3.55. The lowest BCUT2D eigenvalue weighted by molar-refractivity contribution is 0.567. The number of fused-ring (bicyclic) bond motifs is 1. The van der Waals surface area contributed by atoms with E-state index in [0.717, 1.165) is 22.3 Å². The third-order valence-electron chi connectivity index (χ3n) is 4.86. The highest BCUT2D eigenvalue weighted by Gasteiger charge is 2.19. The summed E-state index contributed by atoms with van der Waals surface area (Å²) in [7, 11) is 0. The summed E-state index contributed by atoms with van der Waals surface area (Å²) in [5.41, 5.74) is 1.18. The molecular weight excluding hydrogens is 378 g/mol. The number of rotatable bonds is 4. The molecule has 148 valence electrons. The molecule has 0 aliphatic carbocycles. The maximum Gasteiger partial charge on any atom is 0.337 e. The van der Waals surface area contributed by atoms with Gasteiger partial charge < -0.3 is 4.57 Å². The van der Waals surface area contributed by atoms with Crippen LogP contribution < -0.4 is 11.2 Å². The average molecular weight is 396 g/mol. The fourth-order valence-electron chi connectivity index (χ4n) is 3.34. The highest BCUT2D eigenvalue weighted by molar-refractivity contribution is 5.72. The molecule has 0 saturated carbocycles.